The topological polar surface area (TPSA) is 37.4 Å². The molecule has 1 aromatic rings. The van der Waals surface area contributed by atoms with Crippen molar-refractivity contribution >= 4 is 21.6 Å². The van der Waals surface area contributed by atoms with Crippen LogP contribution >= 0.6 is 11.6 Å². The van der Waals surface area contributed by atoms with Gasteiger partial charge in [-0.3, -0.25) is 0 Å². The molecule has 5 heteroatoms. The fraction of sp³-hybridized carbons (Fsp3) is 0.625. The van der Waals surface area contributed by atoms with Gasteiger partial charge in [-0.15, -0.1) is 11.6 Å². The van der Waals surface area contributed by atoms with Gasteiger partial charge in [-0.2, -0.15) is 4.31 Å². The Balaban J connectivity index is 2.06. The molecule has 2 rings (SSSR count). The molecule has 1 aliphatic carbocycles. The highest BCUT2D eigenvalue weighted by Crippen LogP contribution is 2.31. The van der Waals surface area contributed by atoms with Gasteiger partial charge in [0, 0.05) is 18.5 Å². The average molecular weight is 330 g/mol. The van der Waals surface area contributed by atoms with Crippen molar-refractivity contribution in [3.8, 4) is 0 Å². The SMILES string of the molecule is CC(C)CCN(C1CC1)S(=O)(=O)Cc1ccc(CCl)cc1. The quantitative estimate of drug-likeness (QED) is 0.681. The van der Waals surface area contributed by atoms with E-state index in [2.05, 4.69) is 13.8 Å². The van der Waals surface area contributed by atoms with E-state index in [0.717, 1.165) is 30.4 Å². The number of hydrogen-bond acceptors (Lipinski definition) is 2. The van der Waals surface area contributed by atoms with Crippen LogP contribution in [0.25, 0.3) is 0 Å². The number of nitrogens with zero attached hydrogens (tertiary/aromatic N) is 1. The van der Waals surface area contributed by atoms with Crippen LogP contribution in [-0.4, -0.2) is 25.3 Å². The first-order chi connectivity index (χ1) is 9.92. The smallest absolute Gasteiger partial charge is 0.212 e. The van der Waals surface area contributed by atoms with E-state index in [4.69, 9.17) is 11.6 Å². The van der Waals surface area contributed by atoms with Crippen molar-refractivity contribution < 1.29 is 8.42 Å². The first kappa shape index (κ1) is 16.8. The van der Waals surface area contributed by atoms with Crippen molar-refractivity contribution in [1.29, 1.82) is 0 Å². The Kier molecular flexibility index (Phi) is 5.69. The van der Waals surface area contributed by atoms with Gasteiger partial charge in [-0.05, 0) is 36.3 Å². The van der Waals surface area contributed by atoms with Gasteiger partial charge in [0.1, 0.15) is 0 Å². The average Bonchev–Trinajstić information content (AvgIpc) is 3.23. The van der Waals surface area contributed by atoms with E-state index in [1.54, 1.807) is 4.31 Å². The number of sulfonamides is 1. The normalized spacial score (nSPS) is 15.9. The van der Waals surface area contributed by atoms with Gasteiger partial charge in [-0.25, -0.2) is 8.42 Å². The molecule has 0 N–H and O–H groups in total. The summed E-state index contributed by atoms with van der Waals surface area (Å²) in [6.07, 6.45) is 2.92. The van der Waals surface area contributed by atoms with Gasteiger partial charge in [0.15, 0.2) is 0 Å². The zero-order valence-electron chi connectivity index (χ0n) is 12.8. The fourth-order valence-corrected chi connectivity index (χ4v) is 4.32. The summed E-state index contributed by atoms with van der Waals surface area (Å²) in [5.74, 6) is 1.06. The summed E-state index contributed by atoms with van der Waals surface area (Å²) in [6, 6.07) is 7.75. The van der Waals surface area contributed by atoms with Gasteiger partial charge in [0.25, 0.3) is 0 Å². The minimum atomic E-state index is -3.23. The van der Waals surface area contributed by atoms with Crippen LogP contribution < -0.4 is 0 Å². The maximum atomic E-state index is 12.6. The third-order valence-electron chi connectivity index (χ3n) is 3.76. The van der Waals surface area contributed by atoms with Crippen LogP contribution in [0.1, 0.15) is 44.2 Å². The number of alkyl halides is 1. The van der Waals surface area contributed by atoms with E-state index in [1.807, 2.05) is 24.3 Å². The predicted molar refractivity (Wildman–Crippen MR) is 87.8 cm³/mol. The Bertz CT molecular complexity index is 550. The Labute approximate surface area is 133 Å². The largest absolute Gasteiger partial charge is 0.218 e. The van der Waals surface area contributed by atoms with Crippen LogP contribution in [0, 0.1) is 5.92 Å². The number of hydrogen-bond donors (Lipinski definition) is 0. The molecule has 21 heavy (non-hydrogen) atoms. The molecule has 3 nitrogen and oxygen atoms in total. The summed E-state index contributed by atoms with van der Waals surface area (Å²) in [6.45, 7) is 4.90. The van der Waals surface area contributed by atoms with Crippen LogP contribution in [0.2, 0.25) is 0 Å². The van der Waals surface area contributed by atoms with Crippen LogP contribution in [-0.2, 0) is 21.7 Å². The minimum absolute atomic E-state index is 0.0875. The van der Waals surface area contributed by atoms with E-state index < -0.39 is 10.0 Å². The third kappa shape index (κ3) is 4.97. The molecule has 0 heterocycles. The summed E-state index contributed by atoms with van der Waals surface area (Å²) in [5.41, 5.74) is 1.84. The molecule has 1 aromatic carbocycles. The molecule has 0 saturated heterocycles. The monoisotopic (exact) mass is 329 g/mol. The summed E-state index contributed by atoms with van der Waals surface area (Å²) >= 11 is 5.76. The van der Waals surface area contributed by atoms with Crippen molar-refractivity contribution in [2.24, 2.45) is 5.92 Å². The van der Waals surface area contributed by atoms with Crippen molar-refractivity contribution in [3.05, 3.63) is 35.4 Å². The first-order valence-electron chi connectivity index (χ1n) is 7.55. The fourth-order valence-electron chi connectivity index (χ4n) is 2.31. The van der Waals surface area contributed by atoms with Crippen LogP contribution in [0.5, 0.6) is 0 Å². The second-order valence-corrected chi connectivity index (χ2v) is 8.42. The zero-order valence-corrected chi connectivity index (χ0v) is 14.3. The molecule has 118 valence electrons. The summed E-state index contributed by atoms with van der Waals surface area (Å²) in [7, 11) is -3.23. The van der Waals surface area contributed by atoms with Crippen molar-refractivity contribution in [1.82, 2.24) is 4.31 Å². The lowest BCUT2D eigenvalue weighted by Gasteiger charge is -2.22. The number of halogens is 1. The Morgan fingerprint density at radius 2 is 1.76 bits per heavy atom. The lowest BCUT2D eigenvalue weighted by Crippen LogP contribution is -2.35. The van der Waals surface area contributed by atoms with E-state index in [1.165, 1.54) is 0 Å². The van der Waals surface area contributed by atoms with Gasteiger partial charge in [-0.1, -0.05) is 38.1 Å². The first-order valence-corrected chi connectivity index (χ1v) is 9.70. The number of rotatable bonds is 8. The summed E-state index contributed by atoms with van der Waals surface area (Å²) in [5, 5.41) is 0. The lowest BCUT2D eigenvalue weighted by molar-refractivity contribution is 0.373. The summed E-state index contributed by atoms with van der Waals surface area (Å²) in [4.78, 5) is 0. The van der Waals surface area contributed by atoms with Gasteiger partial charge < -0.3 is 0 Å². The Morgan fingerprint density at radius 1 is 1.19 bits per heavy atom. The van der Waals surface area contributed by atoms with Crippen LogP contribution in [0.4, 0.5) is 0 Å². The molecule has 0 aliphatic heterocycles. The maximum absolute atomic E-state index is 12.6. The highest BCUT2D eigenvalue weighted by Gasteiger charge is 2.36. The van der Waals surface area contributed by atoms with E-state index in [9.17, 15) is 8.42 Å². The van der Waals surface area contributed by atoms with E-state index >= 15 is 0 Å². The molecule has 0 aromatic heterocycles. The second kappa shape index (κ2) is 7.12. The molecule has 1 saturated carbocycles. The Morgan fingerprint density at radius 3 is 2.24 bits per heavy atom. The molecular weight excluding hydrogens is 306 g/mol. The molecular formula is C16H24ClNO2S. The maximum Gasteiger partial charge on any atom is 0.218 e. The molecule has 1 fully saturated rings. The predicted octanol–water partition coefficient (Wildman–Crippen LogP) is 3.77. The highest BCUT2D eigenvalue weighted by atomic mass is 35.5. The van der Waals surface area contributed by atoms with E-state index in [-0.39, 0.29) is 11.8 Å². The molecule has 1 aliphatic rings. The molecule has 0 spiro atoms. The highest BCUT2D eigenvalue weighted by molar-refractivity contribution is 7.88. The molecule has 0 atom stereocenters. The minimum Gasteiger partial charge on any atom is -0.212 e. The van der Waals surface area contributed by atoms with Gasteiger partial charge >= 0.3 is 0 Å². The molecule has 0 radical (unpaired) electrons. The van der Waals surface area contributed by atoms with Crippen molar-refractivity contribution in [3.63, 3.8) is 0 Å². The molecule has 0 unspecified atom stereocenters. The standard InChI is InChI=1S/C16H24ClNO2S/c1-13(2)9-10-18(16-7-8-16)21(19,20)12-15-5-3-14(11-17)4-6-15/h3-6,13,16H,7-12H2,1-2H3. The second-order valence-electron chi connectivity index (χ2n) is 6.23. The lowest BCUT2D eigenvalue weighted by atomic mass is 10.1. The van der Waals surface area contributed by atoms with Gasteiger partial charge in [0.05, 0.1) is 5.75 Å². The third-order valence-corrected chi connectivity index (χ3v) is 5.97. The zero-order chi connectivity index (χ0) is 15.5. The number of benzene rings is 1. The van der Waals surface area contributed by atoms with Crippen molar-refractivity contribution in [2.75, 3.05) is 6.54 Å². The van der Waals surface area contributed by atoms with Crippen LogP contribution in [0.3, 0.4) is 0 Å². The molecule has 0 amide bonds. The Hall–Kier alpha value is -0.580. The van der Waals surface area contributed by atoms with E-state index in [0.29, 0.717) is 18.3 Å². The molecule has 0 bridgehead atoms. The van der Waals surface area contributed by atoms with Crippen LogP contribution in [0.15, 0.2) is 24.3 Å². The van der Waals surface area contributed by atoms with Crippen molar-refractivity contribution in [2.45, 2.75) is 50.8 Å². The van der Waals surface area contributed by atoms with Gasteiger partial charge in [0.2, 0.25) is 10.0 Å². The summed E-state index contributed by atoms with van der Waals surface area (Å²) < 4.78 is 27.0.